The van der Waals surface area contributed by atoms with E-state index >= 15 is 0 Å². The number of hydrogen-bond acceptors (Lipinski definition) is 0. The van der Waals surface area contributed by atoms with Gasteiger partial charge in [-0.15, -0.1) is 6.04 Å². The molecule has 0 aliphatic heterocycles. The minimum atomic E-state index is -0.296. The predicted molar refractivity (Wildman–Crippen MR) is 93.9 cm³/mol. The van der Waals surface area contributed by atoms with Gasteiger partial charge in [0.15, 0.2) is 0 Å². The zero-order valence-corrected chi connectivity index (χ0v) is 17.4. The third kappa shape index (κ3) is 4.92. The normalized spacial score (nSPS) is 16.6. The Balaban J connectivity index is 0.000000715. The first-order chi connectivity index (χ1) is 9.16. The molecule has 1 aromatic rings. The Labute approximate surface area is 147 Å². The van der Waals surface area contributed by atoms with Crippen molar-refractivity contribution >= 4 is 14.4 Å². The first kappa shape index (κ1) is 20.9. The molecule has 1 aliphatic rings. The largest absolute Gasteiger partial charge is 0.675 e. The van der Waals surface area contributed by atoms with Gasteiger partial charge in [-0.25, -0.2) is 0 Å². The van der Waals surface area contributed by atoms with Crippen molar-refractivity contribution in [2.45, 2.75) is 66.2 Å². The van der Waals surface area contributed by atoms with Crippen LogP contribution in [-0.2, 0) is 21.7 Å². The van der Waals surface area contributed by atoms with E-state index in [1.54, 1.807) is 16.7 Å². The Morgan fingerprint density at radius 2 is 1.52 bits per heavy atom. The molecule has 2 rings (SSSR count). The third-order valence-electron chi connectivity index (χ3n) is 3.80. The van der Waals surface area contributed by atoms with Gasteiger partial charge in [-0.2, -0.15) is 0 Å². The Bertz CT molecular complexity index is 515. The van der Waals surface area contributed by atoms with Crippen LogP contribution in [-0.4, -0.2) is 14.8 Å². The molecule has 1 aliphatic carbocycles. The minimum Gasteiger partial charge on any atom is -0.675 e. The molecule has 0 heterocycles. The molecule has 0 aromatic heterocycles. The van der Waals surface area contributed by atoms with Crippen LogP contribution in [0.3, 0.4) is 0 Å². The average Bonchev–Trinajstić information content (AvgIpc) is 2.50. The summed E-state index contributed by atoms with van der Waals surface area (Å²) in [6, 6.07) is 4.81. The van der Waals surface area contributed by atoms with Crippen molar-refractivity contribution in [3.05, 3.63) is 45.7 Å². The number of nitrogens with one attached hydrogen (secondary N) is 1. The van der Waals surface area contributed by atoms with Gasteiger partial charge in [-0.05, 0) is 55.5 Å². The maximum absolute atomic E-state index is 6.58. The maximum Gasteiger partial charge on any atom is 0.0552 e. The zero-order valence-electron chi connectivity index (χ0n) is 14.8. The molecule has 0 spiro atoms. The fourth-order valence-electron chi connectivity index (χ4n) is 3.13. The van der Waals surface area contributed by atoms with Gasteiger partial charge in [-0.1, -0.05) is 50.2 Å². The molecule has 1 atom stereocenters. The monoisotopic (exact) mass is 335 g/mol. The number of hydrogen-bond donors (Lipinski definition) is 0. The molecule has 1 nitrogen and oxygen atoms in total. The standard InChI is InChI=1S/C15H21Si.C3H8N.Ti/c1-9-7-10(2)14-11(3)12(4)15(16(5)6)13(14)8-9;1-3(2)4;/h7-8,15H,1-6H3;3-4H,1-2H3;/q;-1;/t15-;;/m1../s1. The molecular weight excluding hydrogens is 306 g/mol. The van der Waals surface area contributed by atoms with Gasteiger partial charge in [-0.3, -0.25) is 0 Å². The Kier molecular flexibility index (Phi) is 8.41. The van der Waals surface area contributed by atoms with Crippen molar-refractivity contribution in [2.24, 2.45) is 0 Å². The van der Waals surface area contributed by atoms with Crippen LogP contribution in [0, 0.1) is 13.8 Å². The van der Waals surface area contributed by atoms with Crippen LogP contribution in [0.25, 0.3) is 11.3 Å². The van der Waals surface area contributed by atoms with Crippen LogP contribution in [0.15, 0.2) is 17.7 Å². The molecule has 1 radical (unpaired) electrons. The summed E-state index contributed by atoms with van der Waals surface area (Å²) in [4.78, 5) is 0. The molecule has 1 aromatic carbocycles. The summed E-state index contributed by atoms with van der Waals surface area (Å²) in [7, 11) is -0.296. The SMILES string of the molecule is CC(C)[NH-].CC1=C(C)[C@@H]([Si](C)C)c2cc(C)cc(C)c21.[Ti]. The molecule has 1 N–H and O–H groups in total. The molecule has 0 unspecified atom stereocenters. The van der Waals surface area contributed by atoms with Crippen molar-refractivity contribution in [1.29, 1.82) is 0 Å². The third-order valence-corrected chi connectivity index (χ3v) is 5.70. The number of aryl methyl sites for hydroxylation is 2. The zero-order chi connectivity index (χ0) is 15.6. The van der Waals surface area contributed by atoms with E-state index in [-0.39, 0.29) is 36.6 Å². The van der Waals surface area contributed by atoms with Crippen LogP contribution in [0.1, 0.15) is 55.5 Å². The van der Waals surface area contributed by atoms with Crippen molar-refractivity contribution < 1.29 is 21.7 Å². The number of rotatable bonds is 1. The fourth-order valence-corrected chi connectivity index (χ4v) is 5.06. The quantitative estimate of drug-likeness (QED) is 0.568. The molecule has 115 valence electrons. The van der Waals surface area contributed by atoms with Crippen LogP contribution < -0.4 is 0 Å². The Morgan fingerprint density at radius 3 is 1.95 bits per heavy atom. The van der Waals surface area contributed by atoms with E-state index in [0.29, 0.717) is 0 Å². The molecule has 0 fully saturated rings. The summed E-state index contributed by atoms with van der Waals surface area (Å²) >= 11 is 0. The summed E-state index contributed by atoms with van der Waals surface area (Å²) in [5.41, 5.74) is 16.5. The number of benzene rings is 1. The summed E-state index contributed by atoms with van der Waals surface area (Å²) in [6.45, 7) is 17.6. The van der Waals surface area contributed by atoms with Gasteiger partial charge in [0.1, 0.15) is 0 Å². The van der Waals surface area contributed by atoms with Crippen molar-refractivity contribution in [3.8, 4) is 0 Å². The molecule has 21 heavy (non-hydrogen) atoms. The van der Waals surface area contributed by atoms with Crippen molar-refractivity contribution in [3.63, 3.8) is 0 Å². The van der Waals surface area contributed by atoms with Crippen molar-refractivity contribution in [2.75, 3.05) is 0 Å². The van der Waals surface area contributed by atoms with Crippen LogP contribution in [0.4, 0.5) is 0 Å². The predicted octanol–water partition coefficient (Wildman–Crippen LogP) is 5.93. The topological polar surface area (TPSA) is 23.8 Å². The van der Waals surface area contributed by atoms with Gasteiger partial charge in [0.2, 0.25) is 0 Å². The number of allylic oxidation sites excluding steroid dienone is 2. The fraction of sp³-hybridized carbons (Fsp3) is 0.556. The van der Waals surface area contributed by atoms with Gasteiger partial charge in [0.25, 0.3) is 0 Å². The Morgan fingerprint density at radius 1 is 1.05 bits per heavy atom. The first-order valence-corrected chi connectivity index (χ1v) is 10.0. The van der Waals surface area contributed by atoms with E-state index < -0.39 is 0 Å². The van der Waals surface area contributed by atoms with E-state index in [2.05, 4.69) is 52.9 Å². The van der Waals surface area contributed by atoms with Gasteiger partial charge < -0.3 is 5.73 Å². The summed E-state index contributed by atoms with van der Waals surface area (Å²) in [5.74, 6) is 0. The van der Waals surface area contributed by atoms with Gasteiger partial charge >= 0.3 is 0 Å². The first-order valence-electron chi connectivity index (χ1n) is 7.46. The van der Waals surface area contributed by atoms with Crippen LogP contribution >= 0.6 is 0 Å². The van der Waals surface area contributed by atoms with E-state index in [1.165, 1.54) is 16.7 Å². The van der Waals surface area contributed by atoms with Gasteiger partial charge in [0.05, 0.1) is 8.80 Å². The van der Waals surface area contributed by atoms with E-state index in [0.717, 1.165) is 5.54 Å². The summed E-state index contributed by atoms with van der Waals surface area (Å²) in [6.07, 6.45) is 0. The van der Waals surface area contributed by atoms with Crippen LogP contribution in [0.5, 0.6) is 0 Å². The molecule has 0 amide bonds. The molecule has 3 heteroatoms. The smallest absolute Gasteiger partial charge is 0.0552 e. The maximum atomic E-state index is 6.58. The molecule has 0 saturated heterocycles. The minimum absolute atomic E-state index is 0. The number of fused-ring (bicyclic) bond motifs is 1. The summed E-state index contributed by atoms with van der Waals surface area (Å²) < 4.78 is 0. The molecular formula is C18H29NSiTi-. The Hall–Kier alpha value is -0.149. The van der Waals surface area contributed by atoms with E-state index in [1.807, 2.05) is 13.8 Å². The van der Waals surface area contributed by atoms with Crippen LogP contribution in [0.2, 0.25) is 13.1 Å². The van der Waals surface area contributed by atoms with Gasteiger partial charge in [0, 0.05) is 21.7 Å². The van der Waals surface area contributed by atoms with E-state index in [4.69, 9.17) is 5.73 Å². The second-order valence-electron chi connectivity index (χ2n) is 6.52. The summed E-state index contributed by atoms with van der Waals surface area (Å²) in [5, 5.41) is 0. The molecule has 0 saturated carbocycles. The molecule has 0 bridgehead atoms. The second kappa shape index (κ2) is 8.47. The average molecular weight is 335 g/mol. The van der Waals surface area contributed by atoms with Crippen molar-refractivity contribution in [1.82, 2.24) is 0 Å². The second-order valence-corrected chi connectivity index (χ2v) is 9.25. The van der Waals surface area contributed by atoms with E-state index in [9.17, 15) is 0 Å².